The average Bonchev–Trinajstić information content (AvgIpc) is 2.46. The molecule has 0 aliphatic carbocycles. The quantitative estimate of drug-likeness (QED) is 0.875. The van der Waals surface area contributed by atoms with Crippen molar-refractivity contribution in [2.45, 2.75) is 44.9 Å². The Kier molecular flexibility index (Phi) is 6.01. The van der Waals surface area contributed by atoms with E-state index in [1.807, 2.05) is 26.0 Å². The number of benzene rings is 1. The molecule has 1 N–H and O–H groups in total. The maximum Gasteiger partial charge on any atom is 0.240 e. The van der Waals surface area contributed by atoms with Crippen LogP contribution in [0.3, 0.4) is 0 Å². The number of hydrogen-bond donors (Lipinski definition) is 1. The van der Waals surface area contributed by atoms with Crippen LogP contribution in [0.2, 0.25) is 0 Å². The summed E-state index contributed by atoms with van der Waals surface area (Å²) < 4.78 is 27.6. The fraction of sp³-hybridized carbons (Fsp3) is 0.647. The molecule has 22 heavy (non-hydrogen) atoms. The molecule has 0 aromatic heterocycles. The number of piperidine rings is 1. The van der Waals surface area contributed by atoms with E-state index in [4.69, 9.17) is 0 Å². The molecule has 1 aliphatic heterocycles. The first-order valence-corrected chi connectivity index (χ1v) is 9.66. The fourth-order valence-corrected chi connectivity index (χ4v) is 4.47. The van der Waals surface area contributed by atoms with E-state index in [1.54, 1.807) is 6.07 Å². The summed E-state index contributed by atoms with van der Waals surface area (Å²) in [5.74, 6) is 0.318. The third-order valence-corrected chi connectivity index (χ3v) is 5.84. The summed E-state index contributed by atoms with van der Waals surface area (Å²) in [6.45, 7) is 9.68. The molecule has 4 nitrogen and oxygen atoms in total. The van der Waals surface area contributed by atoms with Gasteiger partial charge in [-0.3, -0.25) is 0 Å². The van der Waals surface area contributed by atoms with E-state index in [1.165, 1.54) is 19.3 Å². The maximum absolute atomic E-state index is 12.4. The van der Waals surface area contributed by atoms with Crippen LogP contribution in [0.25, 0.3) is 0 Å². The number of hydrogen-bond acceptors (Lipinski definition) is 3. The highest BCUT2D eigenvalue weighted by Crippen LogP contribution is 2.17. The Bertz CT molecular complexity index is 593. The molecule has 1 atom stereocenters. The van der Waals surface area contributed by atoms with Crippen molar-refractivity contribution >= 4 is 10.0 Å². The highest BCUT2D eigenvalue weighted by Gasteiger charge is 2.19. The zero-order valence-electron chi connectivity index (χ0n) is 13.9. The molecule has 5 heteroatoms. The van der Waals surface area contributed by atoms with Gasteiger partial charge in [0.05, 0.1) is 4.90 Å². The van der Waals surface area contributed by atoms with E-state index in [0.717, 1.165) is 30.8 Å². The summed E-state index contributed by atoms with van der Waals surface area (Å²) in [6, 6.07) is 5.45. The van der Waals surface area contributed by atoms with Crippen molar-refractivity contribution in [1.29, 1.82) is 0 Å². The number of aryl methyl sites for hydroxylation is 2. The van der Waals surface area contributed by atoms with Crippen molar-refractivity contribution in [2.24, 2.45) is 5.92 Å². The van der Waals surface area contributed by atoms with E-state index in [9.17, 15) is 8.42 Å². The lowest BCUT2D eigenvalue weighted by Gasteiger charge is -2.29. The zero-order chi connectivity index (χ0) is 16.2. The van der Waals surface area contributed by atoms with Crippen molar-refractivity contribution < 1.29 is 8.42 Å². The molecule has 2 rings (SSSR count). The molecule has 0 spiro atoms. The van der Waals surface area contributed by atoms with E-state index in [-0.39, 0.29) is 0 Å². The molecule has 0 saturated carbocycles. The van der Waals surface area contributed by atoms with Gasteiger partial charge in [-0.2, -0.15) is 0 Å². The second kappa shape index (κ2) is 7.57. The van der Waals surface area contributed by atoms with Gasteiger partial charge in [0.1, 0.15) is 0 Å². The lowest BCUT2D eigenvalue weighted by molar-refractivity contribution is 0.201. The van der Waals surface area contributed by atoms with Crippen molar-refractivity contribution in [3.05, 3.63) is 29.3 Å². The Balaban J connectivity index is 1.91. The number of nitrogens with one attached hydrogen (secondary N) is 1. The Hall–Kier alpha value is -0.910. The minimum Gasteiger partial charge on any atom is -0.303 e. The number of likely N-dealkylation sites (tertiary alicyclic amines) is 1. The molecule has 124 valence electrons. The average molecular weight is 324 g/mol. The van der Waals surface area contributed by atoms with Crippen LogP contribution >= 0.6 is 0 Å². The largest absolute Gasteiger partial charge is 0.303 e. The third-order valence-electron chi connectivity index (χ3n) is 4.26. The smallest absolute Gasteiger partial charge is 0.240 e. The molecule has 0 bridgehead atoms. The summed E-state index contributed by atoms with van der Waals surface area (Å²) in [5, 5.41) is 0. The van der Waals surface area contributed by atoms with Crippen molar-refractivity contribution in [1.82, 2.24) is 9.62 Å². The molecule has 0 amide bonds. The Morgan fingerprint density at radius 1 is 1.18 bits per heavy atom. The molecule has 1 unspecified atom stereocenters. The van der Waals surface area contributed by atoms with Crippen LogP contribution in [0.5, 0.6) is 0 Å². The van der Waals surface area contributed by atoms with Crippen LogP contribution in [0, 0.1) is 19.8 Å². The van der Waals surface area contributed by atoms with E-state index >= 15 is 0 Å². The molecule has 1 aliphatic rings. The second-order valence-electron chi connectivity index (χ2n) is 6.59. The van der Waals surface area contributed by atoms with Crippen LogP contribution in [0.15, 0.2) is 23.1 Å². The predicted octanol–water partition coefficient (Wildman–Crippen LogP) is 2.70. The van der Waals surface area contributed by atoms with Gasteiger partial charge in [0.2, 0.25) is 10.0 Å². The van der Waals surface area contributed by atoms with Gasteiger partial charge in [-0.05, 0) is 57.3 Å². The number of nitrogens with zero attached hydrogens (tertiary/aromatic N) is 1. The van der Waals surface area contributed by atoms with E-state index in [2.05, 4.69) is 16.5 Å². The molecular formula is C17H28N2O2S. The summed E-state index contributed by atoms with van der Waals surface area (Å²) in [6.07, 6.45) is 3.85. The summed E-state index contributed by atoms with van der Waals surface area (Å²) in [5.41, 5.74) is 1.88. The van der Waals surface area contributed by atoms with Crippen LogP contribution in [-0.2, 0) is 10.0 Å². The Morgan fingerprint density at radius 2 is 1.86 bits per heavy atom. The molecule has 1 aromatic carbocycles. The molecule has 1 saturated heterocycles. The van der Waals surface area contributed by atoms with Gasteiger partial charge in [0.15, 0.2) is 0 Å². The molecule has 1 heterocycles. The maximum atomic E-state index is 12.4. The SMILES string of the molecule is Cc1ccc(S(=O)(=O)NCC(C)CN2CCCCC2)c(C)c1. The van der Waals surface area contributed by atoms with Crippen LogP contribution in [0.4, 0.5) is 0 Å². The van der Waals surface area contributed by atoms with Crippen molar-refractivity contribution in [3.8, 4) is 0 Å². The van der Waals surface area contributed by atoms with Crippen molar-refractivity contribution in [2.75, 3.05) is 26.2 Å². The monoisotopic (exact) mass is 324 g/mol. The third kappa shape index (κ3) is 4.80. The lowest BCUT2D eigenvalue weighted by atomic mass is 10.1. The minimum atomic E-state index is -3.41. The van der Waals surface area contributed by atoms with E-state index in [0.29, 0.717) is 17.4 Å². The lowest BCUT2D eigenvalue weighted by Crippen LogP contribution is -2.38. The second-order valence-corrected chi connectivity index (χ2v) is 8.32. The van der Waals surface area contributed by atoms with Gasteiger partial charge in [-0.15, -0.1) is 0 Å². The number of sulfonamides is 1. The zero-order valence-corrected chi connectivity index (χ0v) is 14.7. The molecule has 1 fully saturated rings. The first-order valence-electron chi connectivity index (χ1n) is 8.18. The highest BCUT2D eigenvalue weighted by molar-refractivity contribution is 7.89. The van der Waals surface area contributed by atoms with Crippen LogP contribution < -0.4 is 4.72 Å². The van der Waals surface area contributed by atoms with Gasteiger partial charge in [-0.25, -0.2) is 13.1 Å². The Morgan fingerprint density at radius 3 is 2.50 bits per heavy atom. The van der Waals surface area contributed by atoms with Gasteiger partial charge in [-0.1, -0.05) is 31.0 Å². The summed E-state index contributed by atoms with van der Waals surface area (Å²) >= 11 is 0. The van der Waals surface area contributed by atoms with Gasteiger partial charge < -0.3 is 4.90 Å². The standard InChI is InChI=1S/C17H28N2O2S/c1-14-7-8-17(16(3)11-14)22(20,21)18-12-15(2)13-19-9-5-4-6-10-19/h7-8,11,15,18H,4-6,9-10,12-13H2,1-3H3. The predicted molar refractivity (Wildman–Crippen MR) is 90.6 cm³/mol. The van der Waals surface area contributed by atoms with Crippen LogP contribution in [-0.4, -0.2) is 39.5 Å². The van der Waals surface area contributed by atoms with Gasteiger partial charge >= 0.3 is 0 Å². The van der Waals surface area contributed by atoms with Crippen molar-refractivity contribution in [3.63, 3.8) is 0 Å². The first kappa shape index (κ1) is 17.4. The van der Waals surface area contributed by atoms with Crippen LogP contribution in [0.1, 0.15) is 37.3 Å². The fourth-order valence-electron chi connectivity index (χ4n) is 3.08. The highest BCUT2D eigenvalue weighted by atomic mass is 32.2. The van der Waals surface area contributed by atoms with E-state index < -0.39 is 10.0 Å². The normalized spacial score (nSPS) is 18.3. The summed E-state index contributed by atoms with van der Waals surface area (Å²) in [4.78, 5) is 2.84. The first-order chi connectivity index (χ1) is 10.4. The molecular weight excluding hydrogens is 296 g/mol. The Labute approximate surface area is 135 Å². The van der Waals surface area contributed by atoms with Gasteiger partial charge in [0, 0.05) is 13.1 Å². The topological polar surface area (TPSA) is 49.4 Å². The molecule has 1 aromatic rings. The number of rotatable bonds is 6. The minimum absolute atomic E-state index is 0.318. The summed E-state index contributed by atoms with van der Waals surface area (Å²) in [7, 11) is -3.41. The van der Waals surface area contributed by atoms with Gasteiger partial charge in [0.25, 0.3) is 0 Å². The molecule has 0 radical (unpaired) electrons.